The highest BCUT2D eigenvalue weighted by Gasteiger charge is 2.26. The van der Waals surface area contributed by atoms with Crippen LogP contribution in [0.2, 0.25) is 0 Å². The number of fused-ring (bicyclic) bond motifs is 1. The fourth-order valence-corrected chi connectivity index (χ4v) is 5.00. The molecule has 1 atom stereocenters. The fourth-order valence-electron chi connectivity index (χ4n) is 5.00. The lowest BCUT2D eigenvalue weighted by atomic mass is 9.92. The first-order valence-corrected chi connectivity index (χ1v) is 13.2. The van der Waals surface area contributed by atoms with Crippen molar-refractivity contribution in [3.8, 4) is 11.8 Å². The predicted molar refractivity (Wildman–Crippen MR) is 154 cm³/mol. The lowest BCUT2D eigenvalue weighted by Gasteiger charge is -2.28. The summed E-state index contributed by atoms with van der Waals surface area (Å²) in [6, 6.07) is 6.85. The highest BCUT2D eigenvalue weighted by molar-refractivity contribution is 5.99. The second kappa shape index (κ2) is 14.3. The van der Waals surface area contributed by atoms with Gasteiger partial charge in [-0.1, -0.05) is 12.5 Å². The van der Waals surface area contributed by atoms with Crippen LogP contribution in [-0.2, 0) is 9.53 Å². The van der Waals surface area contributed by atoms with Crippen LogP contribution in [0.15, 0.2) is 30.9 Å². The number of aromatic nitrogens is 4. The summed E-state index contributed by atoms with van der Waals surface area (Å²) in [6.45, 7) is 7.00. The highest BCUT2D eigenvalue weighted by atomic mass is 19.1. The van der Waals surface area contributed by atoms with E-state index in [0.717, 1.165) is 41.8 Å². The van der Waals surface area contributed by atoms with Crippen molar-refractivity contribution in [1.29, 1.82) is 0 Å². The Kier molecular flexibility index (Phi) is 10.8. The fraction of sp³-hybridized carbons (Fsp3) is 0.448. The number of ether oxygens (including phenoxy) is 1. The summed E-state index contributed by atoms with van der Waals surface area (Å²) in [6.07, 6.45) is 7.22. The van der Waals surface area contributed by atoms with Crippen LogP contribution in [0.25, 0.3) is 11.0 Å². The van der Waals surface area contributed by atoms with Crippen LogP contribution in [0.5, 0.6) is 0 Å². The molecule has 1 unspecified atom stereocenters. The van der Waals surface area contributed by atoms with Crippen molar-refractivity contribution in [3.63, 3.8) is 0 Å². The molecular formula is C29H38FN7O3. The number of hydrogen-bond acceptors (Lipinski definition) is 6. The van der Waals surface area contributed by atoms with E-state index in [1.165, 1.54) is 25.3 Å². The molecular weight excluding hydrogens is 513 g/mol. The number of halogens is 1. The summed E-state index contributed by atoms with van der Waals surface area (Å²) in [5.41, 5.74) is 9.01. The summed E-state index contributed by atoms with van der Waals surface area (Å²) in [5, 5.41) is 9.59. The molecule has 1 saturated heterocycles. The summed E-state index contributed by atoms with van der Waals surface area (Å²) in [7, 11) is 3.84. The molecule has 214 valence electrons. The van der Waals surface area contributed by atoms with E-state index in [1.807, 2.05) is 24.0 Å². The van der Waals surface area contributed by atoms with E-state index in [1.54, 1.807) is 14.2 Å². The first kappa shape index (κ1) is 30.4. The van der Waals surface area contributed by atoms with Gasteiger partial charge in [0, 0.05) is 32.3 Å². The lowest BCUT2D eigenvalue weighted by molar-refractivity contribution is -0.127. The highest BCUT2D eigenvalue weighted by Crippen LogP contribution is 2.35. The van der Waals surface area contributed by atoms with Gasteiger partial charge in [-0.3, -0.25) is 19.1 Å². The van der Waals surface area contributed by atoms with Gasteiger partial charge in [0.2, 0.25) is 5.91 Å². The Morgan fingerprint density at radius 1 is 1.27 bits per heavy atom. The molecule has 10 nitrogen and oxygen atoms in total. The molecule has 4 N–H and O–H groups in total. The van der Waals surface area contributed by atoms with Gasteiger partial charge >= 0.3 is 0 Å². The third kappa shape index (κ3) is 6.69. The van der Waals surface area contributed by atoms with Crippen LogP contribution in [-0.4, -0.2) is 77.0 Å². The summed E-state index contributed by atoms with van der Waals surface area (Å²) in [4.78, 5) is 29.4. The molecule has 1 aliphatic carbocycles. The monoisotopic (exact) mass is 551 g/mol. The zero-order chi connectivity index (χ0) is 29.2. The van der Waals surface area contributed by atoms with Crippen LogP contribution in [0.3, 0.4) is 0 Å². The number of nitrogens with zero attached hydrogens (tertiary/aromatic N) is 4. The van der Waals surface area contributed by atoms with Gasteiger partial charge in [-0.25, -0.2) is 4.98 Å². The number of aromatic amines is 1. The van der Waals surface area contributed by atoms with Crippen molar-refractivity contribution in [2.45, 2.75) is 51.1 Å². The number of imidazole rings is 1. The molecule has 0 radical (unpaired) electrons. The Hall–Kier alpha value is -4.17. The van der Waals surface area contributed by atoms with Crippen molar-refractivity contribution >= 4 is 28.7 Å². The van der Waals surface area contributed by atoms with Crippen LogP contribution in [0, 0.1) is 18.8 Å². The van der Waals surface area contributed by atoms with E-state index >= 15 is 0 Å². The second-order valence-corrected chi connectivity index (χ2v) is 9.49. The van der Waals surface area contributed by atoms with Crippen LogP contribution >= 0.6 is 0 Å². The zero-order valence-corrected chi connectivity index (χ0v) is 23.6. The van der Waals surface area contributed by atoms with Crippen LogP contribution < -0.4 is 11.1 Å². The van der Waals surface area contributed by atoms with Crippen molar-refractivity contribution in [3.05, 3.63) is 53.5 Å². The maximum atomic E-state index is 11.6. The number of anilines is 1. The second-order valence-electron chi connectivity index (χ2n) is 9.49. The van der Waals surface area contributed by atoms with Gasteiger partial charge in [-0.2, -0.15) is 5.10 Å². The van der Waals surface area contributed by atoms with Crippen molar-refractivity contribution in [2.24, 2.45) is 5.73 Å². The number of likely N-dealkylation sites (tertiary alicyclic amines) is 1. The number of nitrogens with one attached hydrogen (secondary N) is 2. The average molecular weight is 552 g/mol. The summed E-state index contributed by atoms with van der Waals surface area (Å²) in [5.74, 6) is 6.91. The van der Waals surface area contributed by atoms with Gasteiger partial charge in [0.25, 0.3) is 5.91 Å². The minimum Gasteiger partial charge on any atom is -0.383 e. The third-order valence-electron chi connectivity index (χ3n) is 7.08. The first-order valence-electron chi connectivity index (χ1n) is 13.2. The average Bonchev–Trinajstić information content (AvgIpc) is 3.65. The minimum absolute atomic E-state index is 0.0227. The molecule has 1 aromatic carbocycles. The van der Waals surface area contributed by atoms with Crippen molar-refractivity contribution in [2.75, 3.05) is 39.8 Å². The molecule has 2 aliphatic rings. The molecule has 3 heterocycles. The minimum atomic E-state index is -0.572. The van der Waals surface area contributed by atoms with E-state index < -0.39 is 5.91 Å². The SMILES string of the molecule is C=CC(=O)N1CCCC1COC.CF.CNc1n[nH]c(C#Cc2ccc3c(c2)nc(C)n3C2CCC2)c1C(N)=O. The topological polar surface area (TPSA) is 131 Å². The molecule has 0 bridgehead atoms. The van der Waals surface area contributed by atoms with Crippen molar-refractivity contribution < 1.29 is 18.7 Å². The van der Waals surface area contributed by atoms with Gasteiger partial charge in [0.1, 0.15) is 17.1 Å². The smallest absolute Gasteiger partial charge is 0.255 e. The largest absolute Gasteiger partial charge is 0.383 e. The number of amides is 2. The van der Waals surface area contributed by atoms with Gasteiger partial charge in [0.05, 0.1) is 30.9 Å². The Balaban J connectivity index is 0.000000265. The number of rotatable bonds is 6. The Labute approximate surface area is 234 Å². The molecule has 3 aromatic rings. The molecule has 5 rings (SSSR count). The number of methoxy groups -OCH3 is 1. The maximum Gasteiger partial charge on any atom is 0.255 e. The molecule has 2 amide bonds. The molecule has 1 saturated carbocycles. The van der Waals surface area contributed by atoms with Gasteiger partial charge in [-0.05, 0) is 69.2 Å². The standard InChI is InChI=1S/C19H20N6O.C9H15NO2.CH3F/c1-11-22-15-10-12(7-9-16(15)25(11)13-4-3-5-13)6-8-14-17(18(20)26)19(21-2)24-23-14;1-3-9(11)10-6-4-5-8(10)7-12-2;1-2/h7,9-10,13H,3-5H2,1-2H3,(H2,20,26)(H2,21,23,24);3,8H,1,4-7H2,2H3;1H3. The quantitative estimate of drug-likeness (QED) is 0.316. The normalized spacial score (nSPS) is 16.0. The molecule has 2 aromatic heterocycles. The maximum absolute atomic E-state index is 11.6. The van der Waals surface area contributed by atoms with Gasteiger partial charge < -0.3 is 25.3 Å². The number of carbonyl (C=O) groups is 2. The Bertz CT molecular complexity index is 1400. The van der Waals surface area contributed by atoms with E-state index in [0.29, 0.717) is 31.3 Å². The van der Waals surface area contributed by atoms with E-state index in [2.05, 4.69) is 49.6 Å². The number of benzene rings is 1. The van der Waals surface area contributed by atoms with Gasteiger partial charge in [-0.15, -0.1) is 0 Å². The first-order chi connectivity index (χ1) is 19.4. The zero-order valence-electron chi connectivity index (χ0n) is 23.6. The summed E-state index contributed by atoms with van der Waals surface area (Å²) < 4.78 is 16.9. The van der Waals surface area contributed by atoms with Crippen LogP contribution in [0.1, 0.15) is 65.6 Å². The number of alkyl halides is 1. The lowest BCUT2D eigenvalue weighted by Crippen LogP contribution is -2.36. The molecule has 0 spiro atoms. The molecule has 40 heavy (non-hydrogen) atoms. The van der Waals surface area contributed by atoms with Gasteiger partial charge in [0.15, 0.2) is 5.82 Å². The Morgan fingerprint density at radius 2 is 2.02 bits per heavy atom. The number of carbonyl (C=O) groups excluding carboxylic acids is 2. The third-order valence-corrected chi connectivity index (χ3v) is 7.08. The van der Waals surface area contributed by atoms with E-state index in [4.69, 9.17) is 10.5 Å². The number of H-pyrrole nitrogens is 1. The number of primary amides is 1. The molecule has 2 fully saturated rings. The molecule has 1 aliphatic heterocycles. The van der Waals surface area contributed by atoms with Crippen LogP contribution in [0.4, 0.5) is 10.2 Å². The number of nitrogens with two attached hydrogens (primary N) is 1. The van der Waals surface area contributed by atoms with E-state index in [-0.39, 0.29) is 17.5 Å². The predicted octanol–water partition coefficient (Wildman–Crippen LogP) is 3.73. The Morgan fingerprint density at radius 3 is 2.62 bits per heavy atom. The molecule has 11 heteroatoms. The number of hydrogen-bond donors (Lipinski definition) is 3. The van der Waals surface area contributed by atoms with E-state index in [9.17, 15) is 14.0 Å². The summed E-state index contributed by atoms with van der Waals surface area (Å²) >= 11 is 0. The van der Waals surface area contributed by atoms with Crippen molar-refractivity contribution in [1.82, 2.24) is 24.6 Å². The number of aryl methyl sites for hydroxylation is 1.